The number of fused-ring (bicyclic) bond motifs is 3. The van der Waals surface area contributed by atoms with Crippen LogP contribution in [0.4, 0.5) is 9.18 Å². The molecule has 5 nitrogen and oxygen atoms in total. The molecule has 0 radical (unpaired) electrons. The molecule has 1 heterocycles. The predicted octanol–water partition coefficient (Wildman–Crippen LogP) is 5.66. The number of hydrogen-bond donors (Lipinski definition) is 1. The normalized spacial score (nSPS) is 19.3. The van der Waals surface area contributed by atoms with Crippen LogP contribution in [0.5, 0.6) is 0 Å². The minimum absolute atomic E-state index is 0. The van der Waals surface area contributed by atoms with Crippen molar-refractivity contribution in [1.29, 1.82) is 0 Å². The first-order valence-corrected chi connectivity index (χ1v) is 13.5. The molecular weight excluding hydrogens is 527 g/mol. The van der Waals surface area contributed by atoms with Gasteiger partial charge in [-0.1, -0.05) is 55.5 Å². The van der Waals surface area contributed by atoms with Crippen LogP contribution < -0.4 is 4.72 Å². The number of carbonyl (C=O) groups excluding carboxylic acids is 1. The molecule has 0 aromatic heterocycles. The Morgan fingerprint density at radius 1 is 1.14 bits per heavy atom. The molecule has 0 spiro atoms. The maximum atomic E-state index is 14.3. The number of aryl methyl sites for hydroxylation is 1. The van der Waals surface area contributed by atoms with Gasteiger partial charge < -0.3 is 9.64 Å². The van der Waals surface area contributed by atoms with E-state index in [4.69, 9.17) is 4.74 Å². The van der Waals surface area contributed by atoms with Crippen LogP contribution in [0.3, 0.4) is 0 Å². The Balaban J connectivity index is 0.00000320. The van der Waals surface area contributed by atoms with Crippen LogP contribution >= 0.6 is 0 Å². The van der Waals surface area contributed by atoms with Crippen LogP contribution in [0.25, 0.3) is 11.1 Å². The molecule has 8 heteroatoms. The predicted molar refractivity (Wildman–Crippen MR) is 139 cm³/mol. The van der Waals surface area contributed by atoms with Crippen molar-refractivity contribution < 1.29 is 35.5 Å². The average molecular weight is 558 g/mol. The van der Waals surface area contributed by atoms with Gasteiger partial charge in [-0.25, -0.2) is 18.1 Å². The van der Waals surface area contributed by atoms with E-state index in [1.165, 1.54) is 23.3 Å². The van der Waals surface area contributed by atoms with E-state index in [1.807, 2.05) is 38.1 Å². The minimum atomic E-state index is -1.29. The number of amides is 1. The second-order valence-electron chi connectivity index (χ2n) is 9.74. The van der Waals surface area contributed by atoms with Crippen molar-refractivity contribution in [2.75, 3.05) is 13.2 Å². The summed E-state index contributed by atoms with van der Waals surface area (Å²) in [6, 6.07) is 21.6. The van der Waals surface area contributed by atoms with Crippen LogP contribution in [0, 0.1) is 18.8 Å². The summed E-state index contributed by atoms with van der Waals surface area (Å²) in [6.45, 7) is 6.13. The number of rotatable bonds is 6. The van der Waals surface area contributed by atoms with Crippen molar-refractivity contribution in [1.82, 2.24) is 9.62 Å². The molecule has 1 fully saturated rings. The van der Waals surface area contributed by atoms with Crippen LogP contribution in [0.15, 0.2) is 60.7 Å². The summed E-state index contributed by atoms with van der Waals surface area (Å²) in [6.07, 6.45) is 0.119. The number of nitrogens with zero attached hydrogens (tertiary/aromatic N) is 1. The molecule has 37 heavy (non-hydrogen) atoms. The SMILES string of the molecule is Cc1[c-]c([C@@H]2[C@H](NS(=O)C(C)C)CCN2C(=O)OCC2c3ccccc3-c3ccccc32)cc(F)c1.[Cr]. The van der Waals surface area contributed by atoms with Crippen molar-refractivity contribution in [3.63, 3.8) is 0 Å². The Bertz CT molecular complexity index is 1250. The first-order chi connectivity index (χ1) is 17.3. The van der Waals surface area contributed by atoms with Gasteiger partial charge in [-0.3, -0.25) is 0 Å². The molecule has 1 aliphatic heterocycles. The Morgan fingerprint density at radius 3 is 2.35 bits per heavy atom. The third-order valence-corrected chi connectivity index (χ3v) is 8.36. The maximum absolute atomic E-state index is 14.3. The smallest absolute Gasteiger partial charge is 0.410 e. The van der Waals surface area contributed by atoms with Crippen LogP contribution in [-0.2, 0) is 33.1 Å². The number of halogens is 1. The summed E-state index contributed by atoms with van der Waals surface area (Å²) in [7, 11) is -1.29. The monoisotopic (exact) mass is 557 g/mol. The number of nitrogens with one attached hydrogen (secondary N) is 1. The summed E-state index contributed by atoms with van der Waals surface area (Å²) in [5.41, 5.74) is 5.82. The van der Waals surface area contributed by atoms with Gasteiger partial charge in [0.2, 0.25) is 0 Å². The van der Waals surface area contributed by atoms with Gasteiger partial charge >= 0.3 is 6.09 Å². The maximum Gasteiger partial charge on any atom is 0.410 e. The van der Waals surface area contributed by atoms with Crippen LogP contribution in [0.1, 0.15) is 54.5 Å². The number of hydrogen-bond acceptors (Lipinski definition) is 3. The number of carbonyl (C=O) groups is 1. The number of ether oxygens (including phenoxy) is 1. The first kappa shape index (κ1) is 27.5. The standard InChI is InChI=1S/C29H30FN2O3S.Cr/c1-18(2)36(34)31-27-12-13-32(28(27)20-14-19(3)15-21(30)16-20)29(33)35-17-26-24-10-6-4-8-22(24)23-9-5-7-11-25(23)26;/h4-11,15-16,18,26-28,31H,12-13,17H2,1-3H3;/q-1;/t27-,28-,36?;/m1./s1. The quantitative estimate of drug-likeness (QED) is 0.398. The Labute approximate surface area is 231 Å². The molecule has 194 valence electrons. The summed E-state index contributed by atoms with van der Waals surface area (Å²) < 4.78 is 36.0. The Hall–Kier alpha value is -2.50. The van der Waals surface area contributed by atoms with Crippen molar-refractivity contribution in [2.45, 2.75) is 50.4 Å². The second-order valence-corrected chi connectivity index (χ2v) is 11.5. The van der Waals surface area contributed by atoms with Gasteiger partial charge in [0.1, 0.15) is 6.61 Å². The van der Waals surface area contributed by atoms with Crippen molar-refractivity contribution in [3.05, 3.63) is 94.8 Å². The molecule has 1 N–H and O–H groups in total. The Morgan fingerprint density at radius 2 is 1.76 bits per heavy atom. The zero-order chi connectivity index (χ0) is 25.4. The summed E-state index contributed by atoms with van der Waals surface area (Å²) >= 11 is 0. The minimum Gasteiger partial charge on any atom is -0.448 e. The fourth-order valence-corrected chi connectivity index (χ4v) is 6.14. The first-order valence-electron chi connectivity index (χ1n) is 12.3. The molecular formula is C29H30CrFN2O3S-. The summed E-state index contributed by atoms with van der Waals surface area (Å²) in [4.78, 5) is 15.1. The van der Waals surface area contributed by atoms with E-state index in [2.05, 4.69) is 35.1 Å². The van der Waals surface area contributed by atoms with E-state index in [9.17, 15) is 13.4 Å². The zero-order valence-corrected chi connectivity index (χ0v) is 23.2. The number of likely N-dealkylation sites (tertiary alicyclic amines) is 1. The van der Waals surface area contributed by atoms with Gasteiger partial charge in [-0.2, -0.15) is 11.6 Å². The summed E-state index contributed by atoms with van der Waals surface area (Å²) in [5.74, 6) is -0.433. The van der Waals surface area contributed by atoms with Crippen molar-refractivity contribution in [2.24, 2.45) is 0 Å². The van der Waals surface area contributed by atoms with Gasteiger partial charge in [-0.15, -0.1) is 17.7 Å². The van der Waals surface area contributed by atoms with Gasteiger partial charge in [0.15, 0.2) is 0 Å². The van der Waals surface area contributed by atoms with E-state index >= 15 is 0 Å². The molecule has 1 unspecified atom stereocenters. The molecule has 3 atom stereocenters. The molecule has 1 aliphatic carbocycles. The molecule has 3 aromatic carbocycles. The van der Waals surface area contributed by atoms with E-state index in [1.54, 1.807) is 11.8 Å². The van der Waals surface area contributed by atoms with Gasteiger partial charge in [0.25, 0.3) is 0 Å². The molecule has 3 aromatic rings. The van der Waals surface area contributed by atoms with Crippen molar-refractivity contribution >= 4 is 17.1 Å². The molecule has 0 bridgehead atoms. The van der Waals surface area contributed by atoms with Gasteiger partial charge in [-0.05, 0) is 42.5 Å². The molecule has 5 rings (SSSR count). The second kappa shape index (κ2) is 11.5. The van der Waals surface area contributed by atoms with E-state index in [-0.39, 0.29) is 47.0 Å². The zero-order valence-electron chi connectivity index (χ0n) is 21.1. The van der Waals surface area contributed by atoms with Crippen LogP contribution in [-0.4, -0.2) is 39.6 Å². The third kappa shape index (κ3) is 5.54. The molecule has 2 aliphatic rings. The third-order valence-electron chi connectivity index (χ3n) is 6.97. The average Bonchev–Trinajstić information content (AvgIpc) is 3.41. The van der Waals surface area contributed by atoms with E-state index < -0.39 is 23.1 Å². The van der Waals surface area contributed by atoms with E-state index in [0.717, 1.165) is 11.1 Å². The fourth-order valence-electron chi connectivity index (χ4n) is 5.32. The summed E-state index contributed by atoms with van der Waals surface area (Å²) in [5, 5.41) is -0.0904. The molecule has 1 amide bonds. The Kier molecular flexibility index (Phi) is 8.55. The van der Waals surface area contributed by atoms with Gasteiger partial charge in [0, 0.05) is 46.9 Å². The number of benzene rings is 3. The molecule has 1 saturated heterocycles. The fraction of sp³-hybridized carbons (Fsp3) is 0.345. The van der Waals surface area contributed by atoms with Crippen LogP contribution in [0.2, 0.25) is 0 Å². The van der Waals surface area contributed by atoms with Crippen molar-refractivity contribution in [3.8, 4) is 11.1 Å². The van der Waals surface area contributed by atoms with E-state index in [0.29, 0.717) is 24.1 Å². The topological polar surface area (TPSA) is 58.6 Å². The molecule has 0 saturated carbocycles. The largest absolute Gasteiger partial charge is 0.448 e. The van der Waals surface area contributed by atoms with Gasteiger partial charge in [0.05, 0.1) is 17.0 Å².